The quantitative estimate of drug-likeness (QED) is 0.864. The molecule has 8 heteroatoms. The van der Waals surface area contributed by atoms with Crippen LogP contribution >= 0.6 is 22.9 Å². The van der Waals surface area contributed by atoms with Crippen LogP contribution < -0.4 is 15.0 Å². The second-order valence-electron chi connectivity index (χ2n) is 5.93. The normalized spacial score (nSPS) is 15.2. The van der Waals surface area contributed by atoms with E-state index in [0.29, 0.717) is 23.0 Å². The first-order chi connectivity index (χ1) is 12.1. The molecule has 1 N–H and O–H groups in total. The summed E-state index contributed by atoms with van der Waals surface area (Å²) in [6.07, 6.45) is 1.82. The zero-order chi connectivity index (χ0) is 17.8. The highest BCUT2D eigenvalue weighted by Gasteiger charge is 2.21. The van der Waals surface area contributed by atoms with Crippen molar-refractivity contribution < 1.29 is 9.53 Å². The number of benzene rings is 1. The number of halogens is 1. The van der Waals surface area contributed by atoms with Crippen LogP contribution in [0.5, 0.6) is 5.75 Å². The Bertz CT molecular complexity index is 730. The van der Waals surface area contributed by atoms with Gasteiger partial charge in [0.2, 0.25) is 5.91 Å². The third-order valence-corrected chi connectivity index (χ3v) is 5.42. The van der Waals surface area contributed by atoms with Crippen molar-refractivity contribution in [3.63, 3.8) is 0 Å². The molecule has 3 rings (SSSR count). The van der Waals surface area contributed by atoms with Gasteiger partial charge in [0.05, 0.1) is 19.3 Å². The molecule has 1 saturated heterocycles. The van der Waals surface area contributed by atoms with Gasteiger partial charge in [-0.05, 0) is 18.6 Å². The fourth-order valence-corrected chi connectivity index (χ4v) is 3.64. The maximum absolute atomic E-state index is 12.4. The second kappa shape index (κ2) is 8.03. The van der Waals surface area contributed by atoms with Crippen LogP contribution in [-0.2, 0) is 4.79 Å². The van der Waals surface area contributed by atoms with Gasteiger partial charge in [-0.25, -0.2) is 4.98 Å². The van der Waals surface area contributed by atoms with Crippen molar-refractivity contribution in [1.29, 1.82) is 0 Å². The number of carbonyl (C=O) groups is 1. The smallest absolute Gasteiger partial charge is 0.238 e. The lowest BCUT2D eigenvalue weighted by Crippen LogP contribution is -2.48. The number of aromatic nitrogens is 1. The van der Waals surface area contributed by atoms with Crippen molar-refractivity contribution in [2.45, 2.75) is 6.92 Å². The highest BCUT2D eigenvalue weighted by atomic mass is 35.5. The van der Waals surface area contributed by atoms with Crippen molar-refractivity contribution in [2.75, 3.05) is 50.1 Å². The predicted molar refractivity (Wildman–Crippen MR) is 102 cm³/mol. The molecule has 134 valence electrons. The van der Waals surface area contributed by atoms with Gasteiger partial charge in [0.1, 0.15) is 5.75 Å². The average molecular weight is 381 g/mol. The molecule has 0 atom stereocenters. The van der Waals surface area contributed by atoms with Gasteiger partial charge in [-0.3, -0.25) is 9.69 Å². The zero-order valence-electron chi connectivity index (χ0n) is 14.3. The number of aryl methyl sites for hydroxylation is 1. The molecule has 1 amide bonds. The number of carbonyl (C=O) groups excluding carboxylic acids is 1. The SMILES string of the molecule is COc1cc(Cl)c(C)cc1NC(=O)CN1CCN(c2nccs2)CC1. The Kier molecular flexibility index (Phi) is 5.78. The number of hydrogen-bond acceptors (Lipinski definition) is 6. The Morgan fingerprint density at radius 2 is 2.12 bits per heavy atom. The van der Waals surface area contributed by atoms with Gasteiger partial charge >= 0.3 is 0 Å². The Hall–Kier alpha value is -1.83. The molecule has 2 heterocycles. The lowest BCUT2D eigenvalue weighted by Gasteiger charge is -2.34. The number of amides is 1. The number of piperazine rings is 1. The van der Waals surface area contributed by atoms with E-state index in [1.54, 1.807) is 24.5 Å². The molecular weight excluding hydrogens is 360 g/mol. The van der Waals surface area contributed by atoms with Crippen LogP contribution in [0.25, 0.3) is 0 Å². The van der Waals surface area contributed by atoms with Gasteiger partial charge in [-0.15, -0.1) is 11.3 Å². The van der Waals surface area contributed by atoms with Gasteiger partial charge < -0.3 is 15.0 Å². The molecule has 0 aliphatic carbocycles. The minimum atomic E-state index is -0.0530. The number of thiazole rings is 1. The molecule has 1 aliphatic heterocycles. The Morgan fingerprint density at radius 3 is 2.76 bits per heavy atom. The molecule has 0 radical (unpaired) electrons. The zero-order valence-corrected chi connectivity index (χ0v) is 15.9. The molecule has 0 spiro atoms. The minimum absolute atomic E-state index is 0.0530. The predicted octanol–water partition coefficient (Wildman–Crippen LogP) is 2.87. The Balaban J connectivity index is 1.54. The summed E-state index contributed by atoms with van der Waals surface area (Å²) in [4.78, 5) is 21.1. The molecule has 2 aromatic rings. The van der Waals surface area contributed by atoms with Crippen molar-refractivity contribution in [1.82, 2.24) is 9.88 Å². The van der Waals surface area contributed by atoms with E-state index < -0.39 is 0 Å². The van der Waals surface area contributed by atoms with E-state index in [1.165, 1.54) is 0 Å². The van der Waals surface area contributed by atoms with Crippen LogP contribution in [0.1, 0.15) is 5.56 Å². The van der Waals surface area contributed by atoms with Gasteiger partial charge in [0, 0.05) is 48.8 Å². The minimum Gasteiger partial charge on any atom is -0.495 e. The molecule has 0 bridgehead atoms. The van der Waals surface area contributed by atoms with Crippen LogP contribution in [0.2, 0.25) is 5.02 Å². The van der Waals surface area contributed by atoms with E-state index >= 15 is 0 Å². The van der Waals surface area contributed by atoms with Crippen LogP contribution in [0, 0.1) is 6.92 Å². The number of nitrogens with zero attached hydrogens (tertiary/aromatic N) is 3. The standard InChI is InChI=1S/C17H21ClN4O2S/c1-12-9-14(15(24-2)10-13(12)18)20-16(23)11-21-4-6-22(7-5-21)17-19-3-8-25-17/h3,8-10H,4-7,11H2,1-2H3,(H,20,23). The van der Waals surface area contributed by atoms with Crippen molar-refractivity contribution in [2.24, 2.45) is 0 Å². The largest absolute Gasteiger partial charge is 0.495 e. The second-order valence-corrected chi connectivity index (χ2v) is 7.21. The third-order valence-electron chi connectivity index (χ3n) is 4.18. The van der Waals surface area contributed by atoms with Crippen LogP contribution in [0.15, 0.2) is 23.7 Å². The molecule has 1 aromatic carbocycles. The monoisotopic (exact) mass is 380 g/mol. The maximum atomic E-state index is 12.4. The van der Waals surface area contributed by atoms with Crippen LogP contribution in [0.3, 0.4) is 0 Å². The van der Waals surface area contributed by atoms with Crippen LogP contribution in [-0.4, -0.2) is 55.6 Å². The maximum Gasteiger partial charge on any atom is 0.238 e. The first-order valence-electron chi connectivity index (χ1n) is 8.07. The molecule has 1 aliphatic rings. The van der Waals surface area contributed by atoms with Crippen LogP contribution in [0.4, 0.5) is 10.8 Å². The fourth-order valence-electron chi connectivity index (χ4n) is 2.79. The molecule has 25 heavy (non-hydrogen) atoms. The molecular formula is C17H21ClN4O2S. The summed E-state index contributed by atoms with van der Waals surface area (Å²) in [5.41, 5.74) is 1.55. The molecule has 0 unspecified atom stereocenters. The summed E-state index contributed by atoms with van der Waals surface area (Å²) in [6, 6.07) is 3.55. The molecule has 1 fully saturated rings. The van der Waals surface area contributed by atoms with Crippen molar-refractivity contribution >= 4 is 39.7 Å². The van der Waals surface area contributed by atoms with E-state index in [-0.39, 0.29) is 5.91 Å². The number of ether oxygens (including phenoxy) is 1. The number of methoxy groups -OCH3 is 1. The number of rotatable bonds is 5. The van der Waals surface area contributed by atoms with Gasteiger partial charge in [-0.1, -0.05) is 11.6 Å². The lowest BCUT2D eigenvalue weighted by atomic mass is 10.2. The average Bonchev–Trinajstić information content (AvgIpc) is 3.13. The van der Waals surface area contributed by atoms with E-state index in [1.807, 2.05) is 24.6 Å². The molecule has 6 nitrogen and oxygen atoms in total. The Morgan fingerprint density at radius 1 is 1.36 bits per heavy atom. The van der Waals surface area contributed by atoms with Crippen molar-refractivity contribution in [3.8, 4) is 5.75 Å². The molecule has 0 saturated carbocycles. The van der Waals surface area contributed by atoms with Gasteiger partial charge in [0.25, 0.3) is 0 Å². The third kappa shape index (κ3) is 4.42. The van der Waals surface area contributed by atoms with Crippen molar-refractivity contribution in [3.05, 3.63) is 34.3 Å². The summed E-state index contributed by atoms with van der Waals surface area (Å²) in [7, 11) is 1.56. The van der Waals surface area contributed by atoms with Gasteiger partial charge in [-0.2, -0.15) is 0 Å². The number of nitrogens with one attached hydrogen (secondary N) is 1. The summed E-state index contributed by atoms with van der Waals surface area (Å²) < 4.78 is 5.30. The summed E-state index contributed by atoms with van der Waals surface area (Å²) in [5.74, 6) is 0.514. The fraction of sp³-hybridized carbons (Fsp3) is 0.412. The topological polar surface area (TPSA) is 57.7 Å². The first-order valence-corrected chi connectivity index (χ1v) is 9.33. The number of anilines is 2. The van der Waals surface area contributed by atoms with Gasteiger partial charge in [0.15, 0.2) is 5.13 Å². The summed E-state index contributed by atoms with van der Waals surface area (Å²) in [5, 5.41) is 6.58. The highest BCUT2D eigenvalue weighted by molar-refractivity contribution is 7.13. The first kappa shape index (κ1) is 18.0. The van der Waals surface area contributed by atoms with E-state index in [4.69, 9.17) is 16.3 Å². The number of hydrogen-bond donors (Lipinski definition) is 1. The van der Waals surface area contributed by atoms with E-state index in [9.17, 15) is 4.79 Å². The van der Waals surface area contributed by atoms with E-state index in [2.05, 4.69) is 20.1 Å². The van der Waals surface area contributed by atoms with E-state index in [0.717, 1.165) is 36.9 Å². The highest BCUT2D eigenvalue weighted by Crippen LogP contribution is 2.30. The summed E-state index contributed by atoms with van der Waals surface area (Å²) >= 11 is 7.75. The lowest BCUT2D eigenvalue weighted by molar-refractivity contribution is -0.117. The molecule has 1 aromatic heterocycles. The Labute approximate surface area is 156 Å². The summed E-state index contributed by atoms with van der Waals surface area (Å²) in [6.45, 7) is 5.69.